The van der Waals surface area contributed by atoms with E-state index in [2.05, 4.69) is 39.7 Å². The Labute approximate surface area is 140 Å². The number of carbonyl (C=O) groups is 2. The zero-order chi connectivity index (χ0) is 16.9. The summed E-state index contributed by atoms with van der Waals surface area (Å²) < 4.78 is 0. The van der Waals surface area contributed by atoms with Gasteiger partial charge in [-0.3, -0.25) is 4.79 Å². The van der Waals surface area contributed by atoms with Gasteiger partial charge in [0, 0.05) is 38.2 Å². The molecule has 1 aromatic rings. The van der Waals surface area contributed by atoms with Crippen molar-refractivity contribution >= 4 is 17.8 Å². The lowest BCUT2D eigenvalue weighted by molar-refractivity contribution is 0.0939. The molecule has 0 radical (unpaired) electrons. The van der Waals surface area contributed by atoms with Crippen LogP contribution in [0.2, 0.25) is 0 Å². The summed E-state index contributed by atoms with van der Waals surface area (Å²) in [5, 5.41) is 8.67. The number of nitrogens with zero attached hydrogens (tertiary/aromatic N) is 3. The molecule has 0 aliphatic carbocycles. The molecule has 24 heavy (non-hydrogen) atoms. The molecule has 1 spiro atoms. The minimum absolute atomic E-state index is 0.112. The molecule has 3 N–H and O–H groups in total. The van der Waals surface area contributed by atoms with E-state index in [1.54, 1.807) is 0 Å². The number of fused-ring (bicyclic) bond motifs is 1. The minimum atomic E-state index is -0.204. The van der Waals surface area contributed by atoms with Crippen LogP contribution >= 0.6 is 0 Å². The normalized spacial score (nSPS) is 21.2. The number of urea groups is 1. The van der Waals surface area contributed by atoms with Crippen molar-refractivity contribution in [2.24, 2.45) is 5.92 Å². The number of anilines is 1. The van der Waals surface area contributed by atoms with Gasteiger partial charge in [0.05, 0.1) is 5.54 Å². The highest BCUT2D eigenvalue weighted by atomic mass is 16.2. The molecular weight excluding hydrogens is 308 g/mol. The minimum Gasteiger partial charge on any atom is -0.351 e. The van der Waals surface area contributed by atoms with Gasteiger partial charge in [-0.15, -0.1) is 0 Å². The first-order valence-corrected chi connectivity index (χ1v) is 8.45. The van der Waals surface area contributed by atoms with Crippen molar-refractivity contribution in [2.75, 3.05) is 31.1 Å². The molecule has 128 valence electrons. The average molecular weight is 330 g/mol. The predicted molar refractivity (Wildman–Crippen MR) is 88.1 cm³/mol. The van der Waals surface area contributed by atoms with Gasteiger partial charge in [-0.05, 0) is 12.3 Å². The topological polar surface area (TPSA) is 99.2 Å². The van der Waals surface area contributed by atoms with Gasteiger partial charge in [0.15, 0.2) is 0 Å². The molecule has 0 bridgehead atoms. The summed E-state index contributed by atoms with van der Waals surface area (Å²) >= 11 is 0. The Bertz CT molecular complexity index is 711. The fourth-order valence-corrected chi connectivity index (χ4v) is 3.64. The molecule has 2 fully saturated rings. The molecule has 4 heterocycles. The van der Waals surface area contributed by atoms with E-state index < -0.39 is 0 Å². The third kappa shape index (κ3) is 2.46. The van der Waals surface area contributed by atoms with Crippen molar-refractivity contribution in [2.45, 2.75) is 32.2 Å². The van der Waals surface area contributed by atoms with E-state index in [1.165, 1.54) is 0 Å². The van der Waals surface area contributed by atoms with Crippen LogP contribution in [0.1, 0.15) is 35.7 Å². The van der Waals surface area contributed by atoms with Gasteiger partial charge in [0.2, 0.25) is 0 Å². The maximum Gasteiger partial charge on any atom is 0.315 e. The Morgan fingerprint density at radius 2 is 2.00 bits per heavy atom. The highest BCUT2D eigenvalue weighted by Gasteiger charge is 2.49. The van der Waals surface area contributed by atoms with Gasteiger partial charge >= 0.3 is 6.03 Å². The molecule has 2 saturated heterocycles. The first-order valence-electron chi connectivity index (χ1n) is 8.45. The van der Waals surface area contributed by atoms with Gasteiger partial charge in [0.25, 0.3) is 5.91 Å². The fourth-order valence-electron chi connectivity index (χ4n) is 3.64. The summed E-state index contributed by atoms with van der Waals surface area (Å²) in [7, 11) is 0. The van der Waals surface area contributed by atoms with Gasteiger partial charge in [-0.25, -0.2) is 14.8 Å². The summed E-state index contributed by atoms with van der Waals surface area (Å²) in [6.45, 7) is 6.88. The van der Waals surface area contributed by atoms with Crippen LogP contribution in [0.5, 0.6) is 0 Å². The average Bonchev–Trinajstić information content (AvgIpc) is 2.88. The lowest BCUT2D eigenvalue weighted by Gasteiger charge is -2.48. The van der Waals surface area contributed by atoms with Crippen molar-refractivity contribution < 1.29 is 9.59 Å². The molecular formula is C16H22N6O2. The number of aromatic nitrogens is 2. The molecule has 0 unspecified atom stereocenters. The van der Waals surface area contributed by atoms with Crippen molar-refractivity contribution in [1.29, 1.82) is 0 Å². The molecule has 4 rings (SSSR count). The van der Waals surface area contributed by atoms with E-state index in [-0.39, 0.29) is 17.5 Å². The summed E-state index contributed by atoms with van der Waals surface area (Å²) in [5.41, 5.74) is 1.24. The second kappa shape index (κ2) is 5.32. The second-order valence-corrected chi connectivity index (χ2v) is 7.34. The van der Waals surface area contributed by atoms with Crippen LogP contribution in [0.25, 0.3) is 0 Å². The maximum absolute atomic E-state index is 12.2. The van der Waals surface area contributed by atoms with E-state index in [9.17, 15) is 9.59 Å². The van der Waals surface area contributed by atoms with E-state index in [1.807, 2.05) is 0 Å². The van der Waals surface area contributed by atoms with Crippen LogP contribution in [0.3, 0.4) is 0 Å². The van der Waals surface area contributed by atoms with E-state index in [0.717, 1.165) is 24.2 Å². The van der Waals surface area contributed by atoms with Crippen molar-refractivity contribution in [3.05, 3.63) is 17.1 Å². The number of rotatable bonds is 3. The number of hydrogen-bond acceptors (Lipinski definition) is 5. The first kappa shape index (κ1) is 15.2. The molecule has 8 heteroatoms. The largest absolute Gasteiger partial charge is 0.351 e. The van der Waals surface area contributed by atoms with E-state index in [4.69, 9.17) is 4.98 Å². The quantitative estimate of drug-likeness (QED) is 0.715. The number of carbonyl (C=O) groups excluding carboxylic acids is 2. The Morgan fingerprint density at radius 1 is 1.21 bits per heavy atom. The third-order valence-corrected chi connectivity index (χ3v) is 4.75. The molecule has 0 saturated carbocycles. The lowest BCUT2D eigenvalue weighted by atomic mass is 9.90. The molecule has 1 aromatic heterocycles. The number of hydrogen-bond donors (Lipinski definition) is 3. The highest BCUT2D eigenvalue weighted by molar-refractivity contribution is 5.96. The van der Waals surface area contributed by atoms with Crippen molar-refractivity contribution in [3.8, 4) is 0 Å². The van der Waals surface area contributed by atoms with Crippen LogP contribution in [0.4, 0.5) is 10.6 Å². The van der Waals surface area contributed by atoms with Crippen LogP contribution < -0.4 is 20.9 Å². The van der Waals surface area contributed by atoms with E-state index in [0.29, 0.717) is 43.6 Å². The zero-order valence-corrected chi connectivity index (χ0v) is 14.0. The zero-order valence-electron chi connectivity index (χ0n) is 14.0. The summed E-state index contributed by atoms with van der Waals surface area (Å²) in [4.78, 5) is 35.0. The van der Waals surface area contributed by atoms with Gasteiger partial charge in [-0.2, -0.15) is 0 Å². The molecule has 0 aromatic carbocycles. The summed E-state index contributed by atoms with van der Waals surface area (Å²) in [5.74, 6) is 1.88. The Kier molecular flexibility index (Phi) is 3.36. The van der Waals surface area contributed by atoms with Crippen molar-refractivity contribution in [3.63, 3.8) is 0 Å². The van der Waals surface area contributed by atoms with Gasteiger partial charge < -0.3 is 20.9 Å². The van der Waals surface area contributed by atoms with Gasteiger partial charge in [-0.1, -0.05) is 13.8 Å². The number of amides is 3. The summed E-state index contributed by atoms with van der Waals surface area (Å²) in [6.07, 6.45) is 1.48. The second-order valence-electron chi connectivity index (χ2n) is 7.34. The Balaban J connectivity index is 1.65. The van der Waals surface area contributed by atoms with Crippen LogP contribution in [-0.2, 0) is 12.8 Å². The van der Waals surface area contributed by atoms with Crippen LogP contribution in [-0.4, -0.2) is 53.6 Å². The standard InChI is InChI=1S/C16H22N6O2/c1-9(2)5-11-19-12-10(3-4-17-14(12)23)13(20-11)22-7-16(8-22)6-18-15(24)21-16/h9H,3-8H2,1-2H3,(H,17,23)(H2,18,21,24). The maximum atomic E-state index is 12.2. The smallest absolute Gasteiger partial charge is 0.315 e. The SMILES string of the molecule is CC(C)Cc1nc2c(c(N3CC4(CNC(=O)N4)C3)n1)CCNC2=O. The monoisotopic (exact) mass is 330 g/mol. The number of nitrogens with one attached hydrogen (secondary N) is 3. The first-order chi connectivity index (χ1) is 11.5. The molecule has 8 nitrogen and oxygen atoms in total. The van der Waals surface area contributed by atoms with Crippen LogP contribution in [0.15, 0.2) is 0 Å². The van der Waals surface area contributed by atoms with Gasteiger partial charge in [0.1, 0.15) is 17.3 Å². The summed E-state index contributed by atoms with van der Waals surface area (Å²) in [6, 6.07) is -0.112. The highest BCUT2D eigenvalue weighted by Crippen LogP contribution is 2.32. The molecule has 3 aliphatic rings. The van der Waals surface area contributed by atoms with E-state index >= 15 is 0 Å². The molecule has 3 aliphatic heterocycles. The predicted octanol–water partition coefficient (Wildman–Crippen LogP) is -0.167. The molecule has 3 amide bonds. The van der Waals surface area contributed by atoms with Crippen LogP contribution in [0, 0.1) is 5.92 Å². The fraction of sp³-hybridized carbons (Fsp3) is 0.625. The Hall–Kier alpha value is -2.38. The third-order valence-electron chi connectivity index (χ3n) is 4.75. The molecule has 0 atom stereocenters. The van der Waals surface area contributed by atoms with Crippen molar-refractivity contribution in [1.82, 2.24) is 25.9 Å². The Morgan fingerprint density at radius 3 is 2.67 bits per heavy atom. The lowest BCUT2D eigenvalue weighted by Crippen LogP contribution is -2.69.